The molecule has 4 heteroatoms. The van der Waals surface area contributed by atoms with Crippen molar-refractivity contribution in [3.63, 3.8) is 0 Å². The van der Waals surface area contributed by atoms with Crippen LogP contribution in [0.2, 0.25) is 0 Å². The molecule has 0 unspecified atom stereocenters. The van der Waals surface area contributed by atoms with Crippen molar-refractivity contribution in [2.45, 2.75) is 26.2 Å². The van der Waals surface area contributed by atoms with Crippen LogP contribution in [0.5, 0.6) is 0 Å². The minimum atomic E-state index is -0.648. The van der Waals surface area contributed by atoms with E-state index in [-0.39, 0.29) is 17.1 Å². The maximum Gasteiger partial charge on any atom is 0.175 e. The Morgan fingerprint density at radius 2 is 2.06 bits per heavy atom. The lowest BCUT2D eigenvalue weighted by Gasteiger charge is -2.03. The Kier molecular flexibility index (Phi) is 6.19. The van der Waals surface area contributed by atoms with Crippen LogP contribution in [0.4, 0.5) is 8.78 Å². The smallest absolute Gasteiger partial charge is 0.175 e. The molecule has 0 bridgehead atoms. The predicted molar refractivity (Wildman–Crippen MR) is 67.5 cm³/mol. The summed E-state index contributed by atoms with van der Waals surface area (Å²) >= 11 is 1.47. The summed E-state index contributed by atoms with van der Waals surface area (Å²) in [5.74, 6) is -0.472. The number of unbranched alkanes of at least 4 members (excludes halogenated alkanes) is 2. The molecule has 94 valence electrons. The summed E-state index contributed by atoms with van der Waals surface area (Å²) in [6.07, 6.45) is 3.32. The van der Waals surface area contributed by atoms with Crippen molar-refractivity contribution in [1.82, 2.24) is 0 Å². The second-order valence-corrected chi connectivity index (χ2v) is 4.91. The topological polar surface area (TPSA) is 17.1 Å². The Balaban J connectivity index is 2.44. The third kappa shape index (κ3) is 4.86. The van der Waals surface area contributed by atoms with Gasteiger partial charge in [-0.3, -0.25) is 4.79 Å². The molecule has 0 aliphatic rings. The van der Waals surface area contributed by atoms with E-state index in [4.69, 9.17) is 0 Å². The number of benzene rings is 1. The van der Waals surface area contributed by atoms with E-state index in [9.17, 15) is 13.6 Å². The molecule has 0 N–H and O–H groups in total. The maximum atomic E-state index is 13.3. The number of hydrogen-bond acceptors (Lipinski definition) is 2. The van der Waals surface area contributed by atoms with Crippen LogP contribution in [0.1, 0.15) is 36.5 Å². The van der Waals surface area contributed by atoms with Gasteiger partial charge in [-0.15, -0.1) is 0 Å². The van der Waals surface area contributed by atoms with E-state index < -0.39 is 11.6 Å². The molecule has 17 heavy (non-hydrogen) atoms. The number of hydrogen-bond donors (Lipinski definition) is 0. The van der Waals surface area contributed by atoms with E-state index in [2.05, 4.69) is 6.92 Å². The molecular weight excluding hydrogens is 242 g/mol. The third-order valence-electron chi connectivity index (χ3n) is 2.35. The second-order valence-electron chi connectivity index (χ2n) is 3.81. The van der Waals surface area contributed by atoms with Gasteiger partial charge < -0.3 is 0 Å². The summed E-state index contributed by atoms with van der Waals surface area (Å²) < 4.78 is 26.1. The van der Waals surface area contributed by atoms with Crippen molar-refractivity contribution in [2.75, 3.05) is 11.5 Å². The average Bonchev–Trinajstić information content (AvgIpc) is 2.32. The minimum absolute atomic E-state index is 0.145. The lowest BCUT2D eigenvalue weighted by molar-refractivity contribution is 0.101. The molecule has 0 spiro atoms. The van der Waals surface area contributed by atoms with Gasteiger partial charge in [-0.25, -0.2) is 8.78 Å². The van der Waals surface area contributed by atoms with Crippen LogP contribution in [0.25, 0.3) is 0 Å². The first-order chi connectivity index (χ1) is 8.15. The van der Waals surface area contributed by atoms with E-state index in [0.717, 1.165) is 43.2 Å². The quantitative estimate of drug-likeness (QED) is 0.541. The van der Waals surface area contributed by atoms with Crippen LogP contribution in [0, 0.1) is 11.6 Å². The van der Waals surface area contributed by atoms with Crippen molar-refractivity contribution < 1.29 is 13.6 Å². The van der Waals surface area contributed by atoms with Crippen LogP contribution in [0.15, 0.2) is 18.2 Å². The molecule has 1 aromatic rings. The number of thioether (sulfide) groups is 1. The van der Waals surface area contributed by atoms with E-state index >= 15 is 0 Å². The Morgan fingerprint density at radius 1 is 1.29 bits per heavy atom. The van der Waals surface area contributed by atoms with Gasteiger partial charge in [-0.1, -0.05) is 19.8 Å². The van der Waals surface area contributed by atoms with Crippen molar-refractivity contribution in [3.8, 4) is 0 Å². The van der Waals surface area contributed by atoms with E-state index in [1.165, 1.54) is 11.8 Å². The fourth-order valence-electron chi connectivity index (χ4n) is 1.41. The molecule has 1 aromatic carbocycles. The fourth-order valence-corrected chi connectivity index (χ4v) is 2.30. The normalized spacial score (nSPS) is 10.5. The van der Waals surface area contributed by atoms with Gasteiger partial charge in [0.1, 0.15) is 11.6 Å². The minimum Gasteiger partial charge on any atom is -0.293 e. The zero-order valence-corrected chi connectivity index (χ0v) is 10.7. The standard InChI is InChI=1S/C13H16F2OS/c1-2-3-4-7-17-9-13(16)11-8-10(14)5-6-12(11)15/h5-6,8H,2-4,7,9H2,1H3. The highest BCUT2D eigenvalue weighted by molar-refractivity contribution is 7.99. The Labute approximate surface area is 105 Å². The van der Waals surface area contributed by atoms with Crippen molar-refractivity contribution >= 4 is 17.5 Å². The largest absolute Gasteiger partial charge is 0.293 e. The van der Waals surface area contributed by atoms with Crippen LogP contribution in [-0.2, 0) is 0 Å². The van der Waals surface area contributed by atoms with Gasteiger partial charge in [0.05, 0.1) is 11.3 Å². The molecule has 0 amide bonds. The number of carbonyl (C=O) groups is 1. The first-order valence-electron chi connectivity index (χ1n) is 5.71. The summed E-state index contributed by atoms with van der Waals surface area (Å²) in [4.78, 5) is 11.6. The number of ketones is 1. The Morgan fingerprint density at radius 3 is 2.76 bits per heavy atom. The molecule has 0 atom stereocenters. The summed E-state index contributed by atoms with van der Waals surface area (Å²) in [5.41, 5.74) is -0.145. The molecule has 0 aliphatic heterocycles. The summed E-state index contributed by atoms with van der Waals surface area (Å²) in [6.45, 7) is 2.11. The van der Waals surface area contributed by atoms with Crippen molar-refractivity contribution in [2.24, 2.45) is 0 Å². The monoisotopic (exact) mass is 258 g/mol. The molecule has 0 saturated heterocycles. The first-order valence-corrected chi connectivity index (χ1v) is 6.86. The van der Waals surface area contributed by atoms with Crippen LogP contribution in [-0.4, -0.2) is 17.3 Å². The second kappa shape index (κ2) is 7.43. The van der Waals surface area contributed by atoms with Gasteiger partial charge in [0.15, 0.2) is 5.78 Å². The van der Waals surface area contributed by atoms with Gasteiger partial charge in [0.2, 0.25) is 0 Å². The summed E-state index contributed by atoms with van der Waals surface area (Å²) in [6, 6.07) is 2.97. The maximum absolute atomic E-state index is 13.3. The predicted octanol–water partition coefficient (Wildman–Crippen LogP) is 4.07. The molecule has 1 rings (SSSR count). The van der Waals surface area contributed by atoms with Gasteiger partial charge in [0.25, 0.3) is 0 Å². The third-order valence-corrected chi connectivity index (χ3v) is 3.40. The number of halogens is 2. The van der Waals surface area contributed by atoms with Crippen LogP contribution in [0.3, 0.4) is 0 Å². The number of carbonyl (C=O) groups excluding carboxylic acids is 1. The average molecular weight is 258 g/mol. The van der Waals surface area contributed by atoms with Crippen molar-refractivity contribution in [3.05, 3.63) is 35.4 Å². The summed E-state index contributed by atoms with van der Waals surface area (Å²) in [7, 11) is 0. The number of Topliss-reactive ketones (excluding diaryl/α,β-unsaturated/α-hetero) is 1. The first kappa shape index (κ1) is 14.2. The van der Waals surface area contributed by atoms with Crippen LogP contribution < -0.4 is 0 Å². The zero-order chi connectivity index (χ0) is 12.7. The molecular formula is C13H16F2OS. The van der Waals surface area contributed by atoms with E-state index in [0.29, 0.717) is 0 Å². The Bertz CT molecular complexity index is 380. The van der Waals surface area contributed by atoms with Gasteiger partial charge in [-0.2, -0.15) is 11.8 Å². The van der Waals surface area contributed by atoms with Crippen molar-refractivity contribution in [1.29, 1.82) is 0 Å². The summed E-state index contributed by atoms with van der Waals surface area (Å²) in [5, 5.41) is 0. The van der Waals surface area contributed by atoms with Crippen LogP contribution >= 0.6 is 11.8 Å². The molecule has 0 aliphatic carbocycles. The Hall–Kier alpha value is -0.900. The highest BCUT2D eigenvalue weighted by atomic mass is 32.2. The molecule has 0 heterocycles. The van der Waals surface area contributed by atoms with Gasteiger partial charge in [-0.05, 0) is 30.4 Å². The van der Waals surface area contributed by atoms with Gasteiger partial charge >= 0.3 is 0 Å². The highest BCUT2D eigenvalue weighted by Crippen LogP contribution is 2.14. The molecule has 1 nitrogen and oxygen atoms in total. The van der Waals surface area contributed by atoms with E-state index in [1.54, 1.807) is 0 Å². The molecule has 0 saturated carbocycles. The van der Waals surface area contributed by atoms with Gasteiger partial charge in [0, 0.05) is 0 Å². The lowest BCUT2D eigenvalue weighted by Crippen LogP contribution is -2.06. The molecule has 0 aromatic heterocycles. The fraction of sp³-hybridized carbons (Fsp3) is 0.462. The van der Waals surface area contributed by atoms with E-state index in [1.807, 2.05) is 0 Å². The number of rotatable bonds is 7. The molecule has 0 fully saturated rings. The SMILES string of the molecule is CCCCCSCC(=O)c1cc(F)ccc1F. The molecule has 0 radical (unpaired) electrons. The lowest BCUT2D eigenvalue weighted by atomic mass is 10.1. The zero-order valence-electron chi connectivity index (χ0n) is 9.84. The highest BCUT2D eigenvalue weighted by Gasteiger charge is 2.12.